The Kier molecular flexibility index (Phi) is 31.2. The highest BCUT2D eigenvalue weighted by molar-refractivity contribution is 5.76. The monoisotopic (exact) mass is 738 g/mol. The van der Waals surface area contributed by atoms with Crippen molar-refractivity contribution in [3.05, 3.63) is 48.6 Å². The van der Waals surface area contributed by atoms with E-state index in [1.165, 1.54) is 70.6 Å². The Labute approximate surface area is 315 Å². The topological polar surface area (TPSA) is 158 Å². The maximum absolute atomic E-state index is 13.0. The van der Waals surface area contributed by atoms with Crippen molar-refractivity contribution in [2.75, 3.05) is 26.4 Å². The lowest BCUT2D eigenvalue weighted by atomic mass is 9.99. The first-order valence-corrected chi connectivity index (χ1v) is 20.4. The lowest BCUT2D eigenvalue weighted by Gasteiger charge is -2.39. The minimum Gasteiger partial charge on any atom is -0.394 e. The predicted octanol–water partition coefficient (Wildman–Crippen LogP) is 6.73. The van der Waals surface area contributed by atoms with Gasteiger partial charge in [0.1, 0.15) is 24.4 Å². The first-order chi connectivity index (χ1) is 25.4. The third-order valence-electron chi connectivity index (χ3n) is 9.26. The summed E-state index contributed by atoms with van der Waals surface area (Å²) in [5, 5.41) is 52.3. The highest BCUT2D eigenvalue weighted by atomic mass is 16.7. The van der Waals surface area contributed by atoms with E-state index >= 15 is 0 Å². The number of aliphatic hydroxyl groups excluding tert-OH is 5. The second kappa shape index (κ2) is 33.7. The second-order valence-corrected chi connectivity index (χ2v) is 14.0. The van der Waals surface area contributed by atoms with Crippen molar-refractivity contribution in [3.63, 3.8) is 0 Å². The summed E-state index contributed by atoms with van der Waals surface area (Å²) in [6, 6.07) is -0.786. The number of ether oxygens (including phenoxy) is 3. The van der Waals surface area contributed by atoms with Crippen molar-refractivity contribution in [2.45, 2.75) is 185 Å². The van der Waals surface area contributed by atoms with Gasteiger partial charge >= 0.3 is 0 Å². The van der Waals surface area contributed by atoms with Gasteiger partial charge in [0.05, 0.1) is 38.4 Å². The van der Waals surface area contributed by atoms with Crippen LogP contribution >= 0.6 is 0 Å². The van der Waals surface area contributed by atoms with Crippen LogP contribution in [0.1, 0.15) is 142 Å². The molecule has 1 unspecified atom stereocenters. The summed E-state index contributed by atoms with van der Waals surface area (Å²) in [6.07, 6.45) is 31.9. The summed E-state index contributed by atoms with van der Waals surface area (Å²) in [6.45, 7) is 3.82. The van der Waals surface area contributed by atoms with Crippen molar-refractivity contribution in [1.82, 2.24) is 5.32 Å². The van der Waals surface area contributed by atoms with Crippen LogP contribution in [0.25, 0.3) is 0 Å². The van der Waals surface area contributed by atoms with Gasteiger partial charge in [-0.3, -0.25) is 4.79 Å². The summed E-state index contributed by atoms with van der Waals surface area (Å²) in [5.41, 5.74) is 0. The van der Waals surface area contributed by atoms with E-state index < -0.39 is 50.0 Å². The lowest BCUT2D eigenvalue weighted by molar-refractivity contribution is -0.302. The Hall–Kier alpha value is -1.89. The van der Waals surface area contributed by atoms with E-state index in [4.69, 9.17) is 14.2 Å². The summed E-state index contributed by atoms with van der Waals surface area (Å²) in [5.74, 6) is -0.280. The third kappa shape index (κ3) is 24.4. The molecule has 302 valence electrons. The van der Waals surface area contributed by atoms with Crippen LogP contribution in [0.15, 0.2) is 48.6 Å². The standard InChI is InChI=1S/C42H75NO9/c1-3-5-7-9-11-13-14-15-16-17-18-19-20-22-24-26-28-30-50-36(29-27-25-23-21-12-10-8-6-4-2)31-38(46)43-35(32-44)34-51-42-41(49)40(48)39(47)37(33-45)52-42/h11,13,15-16,18-19,22,24,35-37,39-42,44-45,47-49H,3-10,12,14,17,20-21,23,25-34H2,1-2H3,(H,43,46)/b13-11+,16-15+,19-18+,24-22+/t35-,36?,37+,39-,40-,41+,42-/m0/s1. The smallest absolute Gasteiger partial charge is 0.222 e. The molecule has 1 amide bonds. The van der Waals surface area contributed by atoms with Gasteiger partial charge in [-0.1, -0.05) is 133 Å². The van der Waals surface area contributed by atoms with Crippen LogP contribution in [-0.2, 0) is 19.0 Å². The molecule has 0 aliphatic carbocycles. The molecule has 1 aliphatic rings. The van der Waals surface area contributed by atoms with Crippen LogP contribution in [-0.4, -0.2) is 101 Å². The van der Waals surface area contributed by atoms with E-state index in [1.54, 1.807) is 0 Å². The summed E-state index contributed by atoms with van der Waals surface area (Å²) in [4.78, 5) is 13.0. The Morgan fingerprint density at radius 2 is 1.23 bits per heavy atom. The first-order valence-electron chi connectivity index (χ1n) is 20.4. The fourth-order valence-corrected chi connectivity index (χ4v) is 5.99. The van der Waals surface area contributed by atoms with Crippen LogP contribution in [0.2, 0.25) is 0 Å². The van der Waals surface area contributed by atoms with E-state index in [-0.39, 0.29) is 25.0 Å². The number of carbonyl (C=O) groups excluding carboxylic acids is 1. The number of rotatable bonds is 33. The fraction of sp³-hybridized carbons (Fsp3) is 0.786. The van der Waals surface area contributed by atoms with Gasteiger partial charge < -0.3 is 45.1 Å². The number of nitrogens with one attached hydrogen (secondary N) is 1. The van der Waals surface area contributed by atoms with Gasteiger partial charge in [-0.25, -0.2) is 0 Å². The molecule has 1 saturated heterocycles. The molecule has 10 heteroatoms. The molecule has 7 atom stereocenters. The van der Waals surface area contributed by atoms with Gasteiger partial charge in [0.2, 0.25) is 5.91 Å². The molecule has 52 heavy (non-hydrogen) atoms. The predicted molar refractivity (Wildman–Crippen MR) is 209 cm³/mol. The Morgan fingerprint density at radius 3 is 1.81 bits per heavy atom. The molecule has 1 heterocycles. The van der Waals surface area contributed by atoms with Gasteiger partial charge in [0.25, 0.3) is 0 Å². The fourth-order valence-electron chi connectivity index (χ4n) is 5.99. The highest BCUT2D eigenvalue weighted by Gasteiger charge is 2.44. The van der Waals surface area contributed by atoms with Gasteiger partial charge in [0, 0.05) is 6.61 Å². The lowest BCUT2D eigenvalue weighted by Crippen LogP contribution is -2.59. The number of hydrogen-bond acceptors (Lipinski definition) is 9. The highest BCUT2D eigenvalue weighted by Crippen LogP contribution is 2.22. The van der Waals surface area contributed by atoms with E-state index in [1.807, 2.05) is 0 Å². The number of allylic oxidation sites excluding steroid dienone is 8. The van der Waals surface area contributed by atoms with Crippen molar-refractivity contribution < 1.29 is 44.5 Å². The zero-order valence-corrected chi connectivity index (χ0v) is 32.5. The molecular formula is C42H75NO9. The van der Waals surface area contributed by atoms with Crippen LogP contribution in [0.3, 0.4) is 0 Å². The number of carbonyl (C=O) groups is 1. The van der Waals surface area contributed by atoms with Gasteiger partial charge in [0.15, 0.2) is 6.29 Å². The molecule has 0 aromatic rings. The summed E-state index contributed by atoms with van der Waals surface area (Å²) < 4.78 is 17.1. The van der Waals surface area contributed by atoms with Crippen LogP contribution in [0, 0.1) is 0 Å². The zero-order valence-electron chi connectivity index (χ0n) is 32.5. The van der Waals surface area contributed by atoms with Crippen LogP contribution in [0.4, 0.5) is 0 Å². The Morgan fingerprint density at radius 1 is 0.692 bits per heavy atom. The molecule has 0 aromatic heterocycles. The van der Waals surface area contributed by atoms with E-state index in [9.17, 15) is 30.3 Å². The molecule has 10 nitrogen and oxygen atoms in total. The van der Waals surface area contributed by atoms with Crippen LogP contribution in [0.5, 0.6) is 0 Å². The average Bonchev–Trinajstić information content (AvgIpc) is 3.14. The molecule has 1 rings (SSSR count). The second-order valence-electron chi connectivity index (χ2n) is 14.0. The Balaban J connectivity index is 2.45. The number of amides is 1. The van der Waals surface area contributed by atoms with E-state index in [0.717, 1.165) is 51.4 Å². The SMILES string of the molecule is CCCCC/C=C/C/C=C/C/C=C/C/C=C/CCCOC(CCCCCCCCCCC)CC(=O)N[C@@H](CO)CO[C@H]1O[C@H](CO)[C@H](O)[C@H](O)[C@H]1O. The maximum Gasteiger partial charge on any atom is 0.222 e. The van der Waals surface area contributed by atoms with E-state index in [0.29, 0.717) is 6.61 Å². The first kappa shape index (κ1) is 48.1. The minimum absolute atomic E-state index is 0.151. The van der Waals surface area contributed by atoms with Crippen molar-refractivity contribution >= 4 is 5.91 Å². The molecule has 1 fully saturated rings. The van der Waals surface area contributed by atoms with Crippen molar-refractivity contribution in [3.8, 4) is 0 Å². The molecule has 0 saturated carbocycles. The molecular weight excluding hydrogens is 662 g/mol. The van der Waals surface area contributed by atoms with Crippen molar-refractivity contribution in [2.24, 2.45) is 0 Å². The van der Waals surface area contributed by atoms with Crippen LogP contribution < -0.4 is 5.32 Å². The van der Waals surface area contributed by atoms with Crippen molar-refractivity contribution in [1.29, 1.82) is 0 Å². The largest absolute Gasteiger partial charge is 0.394 e. The quantitative estimate of drug-likeness (QED) is 0.0317. The maximum atomic E-state index is 13.0. The van der Waals surface area contributed by atoms with Gasteiger partial charge in [-0.15, -0.1) is 0 Å². The Bertz CT molecular complexity index is 954. The summed E-state index contributed by atoms with van der Waals surface area (Å²) in [7, 11) is 0. The molecule has 1 aliphatic heterocycles. The molecule has 0 radical (unpaired) electrons. The van der Waals surface area contributed by atoms with E-state index in [2.05, 4.69) is 67.8 Å². The molecule has 6 N–H and O–H groups in total. The molecule has 0 aromatic carbocycles. The number of hydrogen-bond donors (Lipinski definition) is 6. The normalized spacial score (nSPS) is 22.3. The average molecular weight is 738 g/mol. The number of aliphatic hydroxyl groups is 5. The number of unbranched alkanes of at least 4 members (excludes halogenated alkanes) is 12. The minimum atomic E-state index is -1.57. The molecule has 0 spiro atoms. The van der Waals surface area contributed by atoms with Gasteiger partial charge in [-0.2, -0.15) is 0 Å². The van der Waals surface area contributed by atoms with Gasteiger partial charge in [-0.05, 0) is 51.4 Å². The molecule has 0 bridgehead atoms. The summed E-state index contributed by atoms with van der Waals surface area (Å²) >= 11 is 0. The third-order valence-corrected chi connectivity index (χ3v) is 9.26. The zero-order chi connectivity index (χ0) is 38.1.